The largest absolute Gasteiger partial charge is 0.325 e. The van der Waals surface area contributed by atoms with Crippen LogP contribution in [0.5, 0.6) is 0 Å². The molecule has 6 nitrogen and oxygen atoms in total. The molecule has 0 saturated carbocycles. The average molecular weight is 308 g/mol. The van der Waals surface area contributed by atoms with Crippen LogP contribution in [0.2, 0.25) is 0 Å². The van der Waals surface area contributed by atoms with Gasteiger partial charge in [0.1, 0.15) is 6.33 Å². The first-order chi connectivity index (χ1) is 8.74. The first-order valence-corrected chi connectivity index (χ1v) is 5.88. The molecule has 1 heterocycles. The van der Waals surface area contributed by atoms with Crippen LogP contribution in [0.1, 0.15) is 5.56 Å². The summed E-state index contributed by atoms with van der Waals surface area (Å²) < 4.78 is 0.982. The van der Waals surface area contributed by atoms with Gasteiger partial charge in [0.2, 0.25) is 5.95 Å². The summed E-state index contributed by atoms with van der Waals surface area (Å²) in [6.07, 6.45) is 4.64. The fourth-order valence-electron chi connectivity index (χ4n) is 1.23. The van der Waals surface area contributed by atoms with Gasteiger partial charge in [-0.25, -0.2) is 9.89 Å². The van der Waals surface area contributed by atoms with Gasteiger partial charge in [-0.3, -0.25) is 5.32 Å². The molecule has 0 saturated heterocycles. The molecule has 92 valence electrons. The number of amides is 2. The van der Waals surface area contributed by atoms with Crippen molar-refractivity contribution < 1.29 is 4.79 Å². The minimum Gasteiger partial charge on any atom is -0.314 e. The van der Waals surface area contributed by atoms with Crippen LogP contribution in [0.4, 0.5) is 10.7 Å². The highest BCUT2D eigenvalue weighted by molar-refractivity contribution is 9.10. The van der Waals surface area contributed by atoms with Crippen molar-refractivity contribution >= 4 is 34.0 Å². The zero-order valence-electron chi connectivity index (χ0n) is 9.22. The zero-order chi connectivity index (χ0) is 12.8. The van der Waals surface area contributed by atoms with E-state index in [1.54, 1.807) is 12.3 Å². The molecule has 0 unspecified atom stereocenters. The van der Waals surface area contributed by atoms with Gasteiger partial charge in [-0.15, -0.1) is 0 Å². The Morgan fingerprint density at radius 2 is 2.33 bits per heavy atom. The monoisotopic (exact) mass is 307 g/mol. The Kier molecular flexibility index (Phi) is 4.08. The van der Waals surface area contributed by atoms with E-state index in [0.717, 1.165) is 10.0 Å². The molecule has 18 heavy (non-hydrogen) atoms. The number of aromatic nitrogens is 3. The molecule has 2 amide bonds. The third-order valence-corrected chi connectivity index (χ3v) is 2.48. The molecule has 2 rings (SSSR count). The Hall–Kier alpha value is -2.15. The number of carbonyl (C=O) groups is 1. The van der Waals surface area contributed by atoms with Gasteiger partial charge in [-0.1, -0.05) is 28.1 Å². The molecule has 0 aliphatic rings. The number of anilines is 1. The Labute approximate surface area is 112 Å². The number of hydrogen-bond acceptors (Lipinski definition) is 3. The highest BCUT2D eigenvalue weighted by atomic mass is 79.9. The lowest BCUT2D eigenvalue weighted by Gasteiger charge is -1.99. The molecule has 1 aromatic carbocycles. The van der Waals surface area contributed by atoms with Gasteiger partial charge in [-0.2, -0.15) is 10.1 Å². The minimum absolute atomic E-state index is 0.295. The normalized spacial score (nSPS) is 10.5. The van der Waals surface area contributed by atoms with Gasteiger partial charge >= 0.3 is 6.03 Å². The Morgan fingerprint density at radius 3 is 3.06 bits per heavy atom. The second kappa shape index (κ2) is 5.97. The molecule has 0 radical (unpaired) electrons. The number of nitrogens with zero attached hydrogens (tertiary/aromatic N) is 2. The number of hydrogen-bond donors (Lipinski definition) is 3. The Balaban J connectivity index is 1.86. The lowest BCUT2D eigenvalue weighted by atomic mass is 10.2. The number of nitrogens with one attached hydrogen (secondary N) is 3. The topological polar surface area (TPSA) is 82.7 Å². The van der Waals surface area contributed by atoms with E-state index in [0.29, 0.717) is 5.95 Å². The van der Waals surface area contributed by atoms with Crippen LogP contribution in [-0.2, 0) is 0 Å². The van der Waals surface area contributed by atoms with Gasteiger partial charge < -0.3 is 5.32 Å². The molecule has 1 aromatic heterocycles. The van der Waals surface area contributed by atoms with Crippen molar-refractivity contribution in [2.24, 2.45) is 0 Å². The number of aromatic amines is 1. The first-order valence-electron chi connectivity index (χ1n) is 5.09. The zero-order valence-corrected chi connectivity index (χ0v) is 10.8. The summed E-state index contributed by atoms with van der Waals surface area (Å²) in [6, 6.07) is 7.32. The predicted octanol–water partition coefficient (Wildman–Crippen LogP) is 2.36. The summed E-state index contributed by atoms with van der Waals surface area (Å²) in [6.45, 7) is 0. The van der Waals surface area contributed by atoms with E-state index in [1.165, 1.54) is 6.33 Å². The summed E-state index contributed by atoms with van der Waals surface area (Å²) in [5.74, 6) is 0.295. The Morgan fingerprint density at radius 1 is 1.44 bits per heavy atom. The van der Waals surface area contributed by atoms with Crippen LogP contribution in [0.25, 0.3) is 6.08 Å². The van der Waals surface area contributed by atoms with Gasteiger partial charge in [0.25, 0.3) is 0 Å². The number of halogens is 1. The quantitative estimate of drug-likeness (QED) is 0.814. The van der Waals surface area contributed by atoms with Crippen molar-refractivity contribution in [3.63, 3.8) is 0 Å². The smallest absolute Gasteiger partial charge is 0.314 e. The summed E-state index contributed by atoms with van der Waals surface area (Å²) in [5.41, 5.74) is 0.976. The average Bonchev–Trinajstić information content (AvgIpc) is 2.82. The fraction of sp³-hybridized carbons (Fsp3) is 0. The maximum absolute atomic E-state index is 11.4. The van der Waals surface area contributed by atoms with E-state index in [-0.39, 0.29) is 0 Å². The molecule has 0 fully saturated rings. The third kappa shape index (κ3) is 3.70. The maximum atomic E-state index is 11.4. The van der Waals surface area contributed by atoms with Crippen molar-refractivity contribution in [3.05, 3.63) is 46.8 Å². The number of rotatable bonds is 3. The van der Waals surface area contributed by atoms with Crippen LogP contribution in [0, 0.1) is 0 Å². The number of carbonyl (C=O) groups excluding carboxylic acids is 1. The van der Waals surface area contributed by atoms with Crippen molar-refractivity contribution in [1.82, 2.24) is 20.5 Å². The van der Waals surface area contributed by atoms with E-state index in [1.807, 2.05) is 24.3 Å². The van der Waals surface area contributed by atoms with E-state index in [4.69, 9.17) is 0 Å². The van der Waals surface area contributed by atoms with E-state index >= 15 is 0 Å². The molecule has 3 N–H and O–H groups in total. The Bertz CT molecular complexity index is 552. The lowest BCUT2D eigenvalue weighted by Crippen LogP contribution is -2.24. The second-order valence-electron chi connectivity index (χ2n) is 3.32. The highest BCUT2D eigenvalue weighted by Crippen LogP contribution is 2.12. The van der Waals surface area contributed by atoms with Crippen molar-refractivity contribution in [1.29, 1.82) is 0 Å². The van der Waals surface area contributed by atoms with Gasteiger partial charge in [-0.05, 0) is 23.8 Å². The van der Waals surface area contributed by atoms with Crippen LogP contribution >= 0.6 is 15.9 Å². The number of H-pyrrole nitrogens is 1. The molecule has 2 aromatic rings. The standard InChI is InChI=1S/C11H10BrN5O/c12-9-3-1-2-8(6-9)4-5-13-11(18)16-10-14-7-15-17-10/h1-7H,(H3,13,14,15,16,17,18)/b5-4+. The summed E-state index contributed by atoms with van der Waals surface area (Å²) in [4.78, 5) is 15.2. The summed E-state index contributed by atoms with van der Waals surface area (Å²) in [7, 11) is 0. The van der Waals surface area contributed by atoms with Crippen LogP contribution in [0.3, 0.4) is 0 Å². The second-order valence-corrected chi connectivity index (χ2v) is 4.24. The summed E-state index contributed by atoms with van der Waals surface area (Å²) in [5, 5.41) is 11.2. The van der Waals surface area contributed by atoms with Crippen molar-refractivity contribution in [2.75, 3.05) is 5.32 Å². The number of urea groups is 1. The van der Waals surface area contributed by atoms with Crippen molar-refractivity contribution in [2.45, 2.75) is 0 Å². The molecule has 0 aliphatic carbocycles. The lowest BCUT2D eigenvalue weighted by molar-refractivity contribution is 0.255. The third-order valence-electron chi connectivity index (χ3n) is 1.99. The van der Waals surface area contributed by atoms with Crippen molar-refractivity contribution in [3.8, 4) is 0 Å². The molecular weight excluding hydrogens is 298 g/mol. The van der Waals surface area contributed by atoms with E-state index < -0.39 is 6.03 Å². The molecule has 0 aliphatic heterocycles. The van der Waals surface area contributed by atoms with Gasteiger partial charge in [0.05, 0.1) is 0 Å². The first kappa shape index (κ1) is 12.3. The van der Waals surface area contributed by atoms with Crippen LogP contribution in [-0.4, -0.2) is 21.2 Å². The predicted molar refractivity (Wildman–Crippen MR) is 71.7 cm³/mol. The highest BCUT2D eigenvalue weighted by Gasteiger charge is 2.00. The van der Waals surface area contributed by atoms with E-state index in [9.17, 15) is 4.79 Å². The molecule has 0 spiro atoms. The maximum Gasteiger partial charge on any atom is 0.325 e. The molecular formula is C11H10BrN5O. The van der Waals surface area contributed by atoms with Crippen LogP contribution in [0.15, 0.2) is 41.3 Å². The van der Waals surface area contributed by atoms with Gasteiger partial charge in [0.15, 0.2) is 0 Å². The van der Waals surface area contributed by atoms with Crippen LogP contribution < -0.4 is 10.6 Å². The number of benzene rings is 1. The fourth-order valence-corrected chi connectivity index (χ4v) is 1.65. The SMILES string of the molecule is O=C(N/C=C/c1cccc(Br)c1)Nc1ncn[nH]1. The van der Waals surface area contributed by atoms with E-state index in [2.05, 4.69) is 41.7 Å². The molecule has 0 atom stereocenters. The summed E-state index contributed by atoms with van der Waals surface area (Å²) >= 11 is 3.37. The van der Waals surface area contributed by atoms with Gasteiger partial charge in [0, 0.05) is 10.7 Å². The minimum atomic E-state index is -0.391. The molecule has 0 bridgehead atoms. The molecule has 7 heteroatoms.